The Morgan fingerprint density at radius 3 is 2.74 bits per heavy atom. The van der Waals surface area contributed by atoms with Gasteiger partial charge >= 0.3 is 0 Å². The van der Waals surface area contributed by atoms with E-state index in [2.05, 4.69) is 4.98 Å². The van der Waals surface area contributed by atoms with E-state index in [1.165, 1.54) is 11.0 Å². The van der Waals surface area contributed by atoms with Crippen molar-refractivity contribution >= 4 is 11.8 Å². The van der Waals surface area contributed by atoms with Gasteiger partial charge in [0.25, 0.3) is 0 Å². The predicted octanol–water partition coefficient (Wildman–Crippen LogP) is 2.93. The summed E-state index contributed by atoms with van der Waals surface area (Å²) in [5.74, 6) is -2.61. The first kappa shape index (κ1) is 18.9. The molecule has 1 aromatic heterocycles. The Morgan fingerprint density at radius 2 is 2.07 bits per heavy atom. The minimum Gasteiger partial charge on any atom is -0.339 e. The molecule has 2 amide bonds. The number of nitrogens with zero attached hydrogens (tertiary/aromatic N) is 3. The molecule has 0 saturated carbocycles. The molecule has 27 heavy (non-hydrogen) atoms. The summed E-state index contributed by atoms with van der Waals surface area (Å²) in [5.41, 5.74) is 1.27. The molecule has 1 saturated heterocycles. The summed E-state index contributed by atoms with van der Waals surface area (Å²) < 4.78 is 26.6. The number of aromatic nitrogens is 1. The summed E-state index contributed by atoms with van der Waals surface area (Å²) in [6.07, 6.45) is 1.80. The van der Waals surface area contributed by atoms with Crippen molar-refractivity contribution in [2.45, 2.75) is 25.9 Å². The van der Waals surface area contributed by atoms with Gasteiger partial charge in [-0.2, -0.15) is 0 Å². The van der Waals surface area contributed by atoms with E-state index in [9.17, 15) is 18.4 Å². The molecule has 7 heteroatoms. The molecule has 0 bridgehead atoms. The van der Waals surface area contributed by atoms with Crippen molar-refractivity contribution in [1.29, 1.82) is 0 Å². The Morgan fingerprint density at radius 1 is 1.30 bits per heavy atom. The van der Waals surface area contributed by atoms with E-state index in [-0.39, 0.29) is 18.2 Å². The lowest BCUT2D eigenvalue weighted by Gasteiger charge is -2.28. The molecule has 5 nitrogen and oxygen atoms in total. The van der Waals surface area contributed by atoms with Crippen LogP contribution in [0, 0.1) is 17.6 Å². The van der Waals surface area contributed by atoms with Gasteiger partial charge in [-0.05, 0) is 36.8 Å². The van der Waals surface area contributed by atoms with Gasteiger partial charge in [0.2, 0.25) is 11.8 Å². The molecule has 0 radical (unpaired) electrons. The summed E-state index contributed by atoms with van der Waals surface area (Å²) in [4.78, 5) is 32.4. The Hall–Kier alpha value is -2.83. The summed E-state index contributed by atoms with van der Waals surface area (Å²) >= 11 is 0. The third-order valence-corrected chi connectivity index (χ3v) is 5.00. The molecule has 1 aromatic carbocycles. The predicted molar refractivity (Wildman–Crippen MR) is 95.3 cm³/mol. The Labute approximate surface area is 156 Å². The van der Waals surface area contributed by atoms with Gasteiger partial charge in [-0.15, -0.1) is 0 Å². The standard InChI is InChI=1S/C20H21F2N3O2/c1-13(14-6-7-17(21)18(22)9-14)24(2)20(27)15-10-19(26)25(11-15)12-16-5-3-4-8-23-16/h3-9,13,15H,10-12H2,1-2H3/t13-,15+/m0/s1. The maximum atomic E-state index is 13.5. The van der Waals surface area contributed by atoms with Gasteiger partial charge < -0.3 is 9.80 Å². The number of pyridine rings is 1. The number of benzene rings is 1. The SMILES string of the molecule is C[C@@H](c1ccc(F)c(F)c1)N(C)C(=O)[C@@H]1CC(=O)N(Cc2ccccn2)C1. The van der Waals surface area contributed by atoms with Gasteiger partial charge in [0.1, 0.15) is 0 Å². The van der Waals surface area contributed by atoms with Crippen LogP contribution in [0.4, 0.5) is 8.78 Å². The number of amides is 2. The lowest BCUT2D eigenvalue weighted by Crippen LogP contribution is -2.36. The van der Waals surface area contributed by atoms with E-state index < -0.39 is 23.6 Å². The van der Waals surface area contributed by atoms with Crippen LogP contribution in [0.2, 0.25) is 0 Å². The zero-order valence-corrected chi connectivity index (χ0v) is 15.2. The summed E-state index contributed by atoms with van der Waals surface area (Å²) in [6, 6.07) is 8.65. The molecule has 2 atom stereocenters. The molecule has 1 aliphatic rings. The second-order valence-electron chi connectivity index (χ2n) is 6.80. The molecular formula is C20H21F2N3O2. The van der Waals surface area contributed by atoms with Crippen LogP contribution in [0.15, 0.2) is 42.6 Å². The molecule has 2 heterocycles. The maximum absolute atomic E-state index is 13.5. The highest BCUT2D eigenvalue weighted by Gasteiger charge is 2.37. The first-order chi connectivity index (χ1) is 12.9. The normalized spacial score (nSPS) is 17.9. The van der Waals surface area contributed by atoms with Crippen molar-refractivity contribution in [1.82, 2.24) is 14.8 Å². The van der Waals surface area contributed by atoms with Crippen LogP contribution >= 0.6 is 0 Å². The first-order valence-corrected chi connectivity index (χ1v) is 8.76. The second kappa shape index (κ2) is 7.82. The van der Waals surface area contributed by atoms with Gasteiger partial charge in [-0.3, -0.25) is 14.6 Å². The molecule has 0 N–H and O–H groups in total. The summed E-state index contributed by atoms with van der Waals surface area (Å²) in [7, 11) is 1.61. The molecule has 0 spiro atoms. The molecule has 1 aliphatic heterocycles. The van der Waals surface area contributed by atoms with Crippen LogP contribution in [0.25, 0.3) is 0 Å². The monoisotopic (exact) mass is 373 g/mol. The van der Waals surface area contributed by atoms with Gasteiger partial charge in [0.15, 0.2) is 11.6 Å². The molecule has 2 aromatic rings. The fraction of sp³-hybridized carbons (Fsp3) is 0.350. The minimum absolute atomic E-state index is 0.0899. The number of likely N-dealkylation sites (tertiary alicyclic amines) is 1. The van der Waals surface area contributed by atoms with Crippen LogP contribution in [-0.2, 0) is 16.1 Å². The molecule has 1 fully saturated rings. The highest BCUT2D eigenvalue weighted by atomic mass is 19.2. The smallest absolute Gasteiger partial charge is 0.228 e. The highest BCUT2D eigenvalue weighted by Crippen LogP contribution is 2.26. The zero-order chi connectivity index (χ0) is 19.6. The quantitative estimate of drug-likeness (QED) is 0.810. The Kier molecular flexibility index (Phi) is 5.48. The van der Waals surface area contributed by atoms with Crippen molar-refractivity contribution in [3.63, 3.8) is 0 Å². The number of carbonyl (C=O) groups is 2. The van der Waals surface area contributed by atoms with Crippen molar-refractivity contribution in [2.75, 3.05) is 13.6 Å². The average molecular weight is 373 g/mol. The molecule has 0 aliphatic carbocycles. The number of carbonyl (C=O) groups excluding carboxylic acids is 2. The lowest BCUT2D eigenvalue weighted by molar-refractivity contribution is -0.136. The topological polar surface area (TPSA) is 53.5 Å². The maximum Gasteiger partial charge on any atom is 0.228 e. The third kappa shape index (κ3) is 4.13. The Balaban J connectivity index is 1.66. The zero-order valence-electron chi connectivity index (χ0n) is 15.2. The van der Waals surface area contributed by atoms with E-state index in [1.807, 2.05) is 12.1 Å². The highest BCUT2D eigenvalue weighted by molar-refractivity contribution is 5.89. The van der Waals surface area contributed by atoms with E-state index in [1.54, 1.807) is 31.1 Å². The van der Waals surface area contributed by atoms with Crippen molar-refractivity contribution in [3.8, 4) is 0 Å². The second-order valence-corrected chi connectivity index (χ2v) is 6.80. The van der Waals surface area contributed by atoms with Crippen LogP contribution in [0.5, 0.6) is 0 Å². The number of rotatable bonds is 5. The van der Waals surface area contributed by atoms with Gasteiger partial charge in [0, 0.05) is 26.2 Å². The van der Waals surface area contributed by atoms with E-state index in [4.69, 9.17) is 0 Å². The summed E-state index contributed by atoms with van der Waals surface area (Å²) in [6.45, 7) is 2.43. The fourth-order valence-corrected chi connectivity index (χ4v) is 3.25. The van der Waals surface area contributed by atoms with Crippen LogP contribution in [0.1, 0.15) is 30.6 Å². The number of halogens is 2. The first-order valence-electron chi connectivity index (χ1n) is 8.76. The van der Waals surface area contributed by atoms with Gasteiger partial charge in [-0.25, -0.2) is 8.78 Å². The van der Waals surface area contributed by atoms with Gasteiger partial charge in [-0.1, -0.05) is 12.1 Å². The summed E-state index contributed by atoms with van der Waals surface area (Å²) in [5, 5.41) is 0. The number of hydrogen-bond donors (Lipinski definition) is 0. The van der Waals surface area contributed by atoms with Crippen LogP contribution in [0.3, 0.4) is 0 Å². The molecule has 3 rings (SSSR count). The number of hydrogen-bond acceptors (Lipinski definition) is 3. The fourth-order valence-electron chi connectivity index (χ4n) is 3.25. The average Bonchev–Trinajstić information content (AvgIpc) is 3.03. The molecular weight excluding hydrogens is 352 g/mol. The largest absolute Gasteiger partial charge is 0.339 e. The van der Waals surface area contributed by atoms with Crippen molar-refractivity contribution in [3.05, 3.63) is 65.5 Å². The minimum atomic E-state index is -0.947. The van der Waals surface area contributed by atoms with E-state index in [0.29, 0.717) is 18.7 Å². The van der Waals surface area contributed by atoms with E-state index in [0.717, 1.165) is 17.8 Å². The van der Waals surface area contributed by atoms with Gasteiger partial charge in [0.05, 0.1) is 24.2 Å². The Bertz CT molecular complexity index is 844. The van der Waals surface area contributed by atoms with Crippen LogP contribution in [-0.4, -0.2) is 40.2 Å². The van der Waals surface area contributed by atoms with Crippen molar-refractivity contribution < 1.29 is 18.4 Å². The lowest BCUT2D eigenvalue weighted by atomic mass is 10.0. The molecule has 142 valence electrons. The van der Waals surface area contributed by atoms with Crippen molar-refractivity contribution in [2.24, 2.45) is 5.92 Å². The van der Waals surface area contributed by atoms with E-state index >= 15 is 0 Å². The van der Waals surface area contributed by atoms with Crippen LogP contribution < -0.4 is 0 Å². The molecule has 0 unspecified atom stereocenters. The third-order valence-electron chi connectivity index (χ3n) is 5.00.